The lowest BCUT2D eigenvalue weighted by molar-refractivity contribution is -0.121. The number of carbonyl (C=O) groups is 1. The Labute approximate surface area is 96.2 Å². The first-order valence-electron chi connectivity index (χ1n) is 5.28. The van der Waals surface area contributed by atoms with Crippen LogP contribution in [0.4, 0.5) is 5.69 Å². The number of hydrogen-bond donors (Lipinski definition) is 2. The Hall–Kier alpha value is -1.95. The molecule has 0 saturated carbocycles. The van der Waals surface area contributed by atoms with Crippen LogP contribution in [-0.2, 0) is 4.79 Å². The molecule has 1 aromatic carbocycles. The fourth-order valence-electron chi connectivity index (χ4n) is 1.34. The highest BCUT2D eigenvalue weighted by molar-refractivity contribution is 5.84. The minimum absolute atomic E-state index is 0.0198. The molecule has 0 aliphatic carbocycles. The predicted octanol–water partition coefficient (Wildman–Crippen LogP) is 1.60. The second kappa shape index (κ2) is 5.82. The molecule has 0 fully saturated rings. The Bertz CT molecular complexity index is 407. The number of carbonyl (C=O) groups excluding carboxylic acids is 1. The lowest BCUT2D eigenvalue weighted by Gasteiger charge is -2.14. The average Bonchev–Trinajstić information content (AvgIpc) is 2.29. The van der Waals surface area contributed by atoms with Crippen LogP contribution in [-0.4, -0.2) is 18.5 Å². The van der Waals surface area contributed by atoms with Crippen molar-refractivity contribution in [3.63, 3.8) is 0 Å². The van der Waals surface area contributed by atoms with Crippen LogP contribution in [0.2, 0.25) is 0 Å². The van der Waals surface area contributed by atoms with E-state index in [2.05, 4.69) is 16.6 Å². The Balaban J connectivity index is 2.66. The van der Waals surface area contributed by atoms with Crippen molar-refractivity contribution in [2.24, 2.45) is 0 Å². The first-order chi connectivity index (χ1) is 7.67. The van der Waals surface area contributed by atoms with E-state index in [0.717, 1.165) is 11.3 Å². The molecule has 2 N–H and O–H groups in total. The van der Waals surface area contributed by atoms with Gasteiger partial charge in [0.2, 0.25) is 5.91 Å². The summed E-state index contributed by atoms with van der Waals surface area (Å²) in [5.74, 6) is 2.53. The van der Waals surface area contributed by atoms with Gasteiger partial charge in [-0.15, -0.1) is 6.42 Å². The van der Waals surface area contributed by atoms with Crippen LogP contribution in [0.3, 0.4) is 0 Å². The quantitative estimate of drug-likeness (QED) is 0.751. The molecule has 0 aliphatic heterocycles. The summed E-state index contributed by atoms with van der Waals surface area (Å²) in [5, 5.41) is 5.85. The van der Waals surface area contributed by atoms with E-state index in [1.165, 1.54) is 0 Å². The van der Waals surface area contributed by atoms with Gasteiger partial charge in [0.05, 0.1) is 0 Å². The van der Waals surface area contributed by atoms with Gasteiger partial charge >= 0.3 is 0 Å². The van der Waals surface area contributed by atoms with E-state index in [9.17, 15) is 4.79 Å². The van der Waals surface area contributed by atoms with Crippen LogP contribution in [0.25, 0.3) is 0 Å². The van der Waals surface area contributed by atoms with Gasteiger partial charge in [-0.2, -0.15) is 0 Å². The van der Waals surface area contributed by atoms with Crippen molar-refractivity contribution in [3.05, 3.63) is 29.8 Å². The third-order valence-electron chi connectivity index (χ3n) is 2.16. The maximum Gasteiger partial charge on any atom is 0.242 e. The largest absolute Gasteiger partial charge is 0.374 e. The summed E-state index contributed by atoms with van der Waals surface area (Å²) in [4.78, 5) is 11.5. The topological polar surface area (TPSA) is 41.1 Å². The zero-order valence-electron chi connectivity index (χ0n) is 9.58. The van der Waals surface area contributed by atoms with E-state index >= 15 is 0 Å². The smallest absolute Gasteiger partial charge is 0.242 e. The predicted molar refractivity (Wildman–Crippen MR) is 66.1 cm³/mol. The molecule has 3 nitrogen and oxygen atoms in total. The molecule has 1 amide bonds. The van der Waals surface area contributed by atoms with Crippen molar-refractivity contribution in [1.29, 1.82) is 0 Å². The first-order valence-corrected chi connectivity index (χ1v) is 5.28. The molecule has 0 spiro atoms. The molecule has 0 bridgehead atoms. The highest BCUT2D eigenvalue weighted by Crippen LogP contribution is 2.10. The van der Waals surface area contributed by atoms with E-state index in [1.807, 2.05) is 38.1 Å². The van der Waals surface area contributed by atoms with Crippen molar-refractivity contribution in [2.45, 2.75) is 19.9 Å². The summed E-state index contributed by atoms with van der Waals surface area (Å²) in [5.41, 5.74) is 1.65. The fraction of sp³-hybridized carbons (Fsp3) is 0.308. The molecule has 3 heteroatoms. The maximum absolute atomic E-state index is 11.5. The van der Waals surface area contributed by atoms with E-state index < -0.39 is 0 Å². The van der Waals surface area contributed by atoms with Crippen LogP contribution in [0.1, 0.15) is 19.4 Å². The minimum Gasteiger partial charge on any atom is -0.374 e. The van der Waals surface area contributed by atoms with Crippen molar-refractivity contribution in [1.82, 2.24) is 5.32 Å². The summed E-state index contributed by atoms with van der Waals surface area (Å²) >= 11 is 0. The number of benzene rings is 1. The van der Waals surface area contributed by atoms with Crippen LogP contribution in [0.5, 0.6) is 0 Å². The van der Waals surface area contributed by atoms with E-state index in [0.29, 0.717) is 6.54 Å². The van der Waals surface area contributed by atoms with Gasteiger partial charge < -0.3 is 10.6 Å². The second-order valence-corrected chi connectivity index (χ2v) is 3.49. The summed E-state index contributed by atoms with van der Waals surface area (Å²) in [6, 6.07) is 7.17. The zero-order chi connectivity index (χ0) is 12.0. The highest BCUT2D eigenvalue weighted by atomic mass is 16.2. The summed E-state index contributed by atoms with van der Waals surface area (Å²) in [6.45, 7) is 4.34. The molecular formula is C13H16N2O. The molecule has 1 aromatic rings. The monoisotopic (exact) mass is 216 g/mol. The molecule has 0 aliphatic rings. The Morgan fingerprint density at radius 3 is 2.94 bits per heavy atom. The fourth-order valence-corrected chi connectivity index (χ4v) is 1.34. The Morgan fingerprint density at radius 2 is 2.31 bits per heavy atom. The van der Waals surface area contributed by atoms with Gasteiger partial charge in [0.25, 0.3) is 0 Å². The number of nitrogens with one attached hydrogen (secondary N) is 2. The molecule has 1 rings (SSSR count). The third kappa shape index (κ3) is 3.32. The van der Waals surface area contributed by atoms with Crippen LogP contribution >= 0.6 is 0 Å². The lowest BCUT2D eigenvalue weighted by atomic mass is 10.2. The molecule has 0 saturated heterocycles. The SMILES string of the molecule is C#Cc1cccc(NC(C)C(=O)NCC)c1. The van der Waals surface area contributed by atoms with Crippen molar-refractivity contribution in [3.8, 4) is 12.3 Å². The number of anilines is 1. The van der Waals surface area contributed by atoms with Gasteiger partial charge in [0.1, 0.15) is 6.04 Å². The molecule has 0 aromatic heterocycles. The molecular weight excluding hydrogens is 200 g/mol. The second-order valence-electron chi connectivity index (χ2n) is 3.49. The molecule has 1 atom stereocenters. The van der Waals surface area contributed by atoms with Gasteiger partial charge in [0.15, 0.2) is 0 Å². The van der Waals surface area contributed by atoms with E-state index in [1.54, 1.807) is 0 Å². The molecule has 0 radical (unpaired) electrons. The van der Waals surface area contributed by atoms with Crippen LogP contribution in [0, 0.1) is 12.3 Å². The Kier molecular flexibility index (Phi) is 4.41. The summed E-state index contributed by atoms with van der Waals surface area (Å²) in [6.07, 6.45) is 5.30. The number of terminal acetylenes is 1. The molecule has 1 unspecified atom stereocenters. The average molecular weight is 216 g/mol. The Morgan fingerprint density at radius 1 is 1.56 bits per heavy atom. The summed E-state index contributed by atoms with van der Waals surface area (Å²) < 4.78 is 0. The first kappa shape index (κ1) is 12.1. The highest BCUT2D eigenvalue weighted by Gasteiger charge is 2.10. The molecule has 0 heterocycles. The lowest BCUT2D eigenvalue weighted by Crippen LogP contribution is -2.37. The van der Waals surface area contributed by atoms with Crippen molar-refractivity contribution >= 4 is 11.6 Å². The van der Waals surface area contributed by atoms with Gasteiger partial charge in [-0.05, 0) is 32.0 Å². The number of hydrogen-bond acceptors (Lipinski definition) is 2. The van der Waals surface area contributed by atoms with Crippen molar-refractivity contribution in [2.75, 3.05) is 11.9 Å². The van der Waals surface area contributed by atoms with Crippen LogP contribution in [0.15, 0.2) is 24.3 Å². The third-order valence-corrected chi connectivity index (χ3v) is 2.16. The van der Waals surface area contributed by atoms with Crippen LogP contribution < -0.4 is 10.6 Å². The van der Waals surface area contributed by atoms with Gasteiger partial charge in [0, 0.05) is 17.8 Å². The molecule has 16 heavy (non-hydrogen) atoms. The number of likely N-dealkylation sites (N-methyl/N-ethyl adjacent to an activating group) is 1. The number of rotatable bonds is 4. The zero-order valence-corrected chi connectivity index (χ0v) is 9.58. The minimum atomic E-state index is -0.270. The van der Waals surface area contributed by atoms with Gasteiger partial charge in [-0.25, -0.2) is 0 Å². The van der Waals surface area contributed by atoms with E-state index in [-0.39, 0.29) is 11.9 Å². The van der Waals surface area contributed by atoms with Gasteiger partial charge in [-0.1, -0.05) is 12.0 Å². The summed E-state index contributed by atoms with van der Waals surface area (Å²) in [7, 11) is 0. The van der Waals surface area contributed by atoms with Gasteiger partial charge in [-0.3, -0.25) is 4.79 Å². The van der Waals surface area contributed by atoms with E-state index in [4.69, 9.17) is 6.42 Å². The van der Waals surface area contributed by atoms with Crippen molar-refractivity contribution < 1.29 is 4.79 Å². The molecule has 84 valence electrons. The maximum atomic E-state index is 11.5. The number of amides is 1. The normalized spacial score (nSPS) is 11.3. The standard InChI is InChI=1S/C13H16N2O/c1-4-11-7-6-8-12(9-11)15-10(3)13(16)14-5-2/h1,6-10,15H,5H2,2-3H3,(H,14,16).